The highest BCUT2D eigenvalue weighted by Crippen LogP contribution is 2.32. The Bertz CT molecular complexity index is 932. The highest BCUT2D eigenvalue weighted by molar-refractivity contribution is 7.15. The zero-order valence-electron chi connectivity index (χ0n) is 14.3. The Morgan fingerprint density at radius 3 is 2.96 bits per heavy atom. The molecule has 10 heteroatoms. The highest BCUT2D eigenvalue weighted by atomic mass is 32.1. The largest absolute Gasteiger partial charge is 0.371 e. The zero-order chi connectivity index (χ0) is 18.1. The van der Waals surface area contributed by atoms with E-state index in [0.717, 1.165) is 35.6 Å². The number of hydrogen-bond donors (Lipinski definition) is 1. The number of carbonyl (C=O) groups is 1. The summed E-state index contributed by atoms with van der Waals surface area (Å²) in [7, 11) is 0. The molecule has 2 aromatic heterocycles. The number of rotatable bonds is 4. The third kappa shape index (κ3) is 3.08. The average molecular weight is 371 g/mol. The van der Waals surface area contributed by atoms with Crippen LogP contribution in [0.3, 0.4) is 0 Å². The number of ether oxygens (including phenoxy) is 1. The van der Waals surface area contributed by atoms with E-state index in [9.17, 15) is 4.79 Å². The van der Waals surface area contributed by atoms with Gasteiger partial charge >= 0.3 is 0 Å². The summed E-state index contributed by atoms with van der Waals surface area (Å²) in [6, 6.07) is 3.66. The molecule has 1 amide bonds. The molecule has 1 N–H and O–H groups in total. The second-order valence-electron chi connectivity index (χ2n) is 6.06. The van der Waals surface area contributed by atoms with E-state index in [1.165, 1.54) is 22.3 Å². The van der Waals surface area contributed by atoms with E-state index in [1.54, 1.807) is 6.07 Å². The standard InChI is InChI=1S/C16H17N7O2S/c1-9-5-6-11(13(10(9)2)23-8-17-21-22-23)14(24)18-16-20-19-15(26-16)12-4-3-7-25-12/h5-6,8,12H,3-4,7H2,1-2H3,(H,18,20,24)/t12-/m1/s1. The number of amides is 1. The van der Waals surface area contributed by atoms with Crippen LogP contribution < -0.4 is 5.32 Å². The van der Waals surface area contributed by atoms with Crippen molar-refractivity contribution >= 4 is 22.4 Å². The van der Waals surface area contributed by atoms with Gasteiger partial charge in [0.15, 0.2) is 0 Å². The average Bonchev–Trinajstić information content (AvgIpc) is 3.39. The van der Waals surface area contributed by atoms with Gasteiger partial charge < -0.3 is 4.74 Å². The van der Waals surface area contributed by atoms with E-state index in [4.69, 9.17) is 4.74 Å². The smallest absolute Gasteiger partial charge is 0.259 e. The molecule has 0 spiro atoms. The van der Waals surface area contributed by atoms with Gasteiger partial charge in [-0.1, -0.05) is 17.4 Å². The van der Waals surface area contributed by atoms with Gasteiger partial charge in [0.1, 0.15) is 17.4 Å². The Kier molecular flexibility index (Phi) is 4.43. The molecule has 3 heterocycles. The Labute approximate surface area is 153 Å². The fraction of sp³-hybridized carbons (Fsp3) is 0.375. The molecule has 3 aromatic rings. The van der Waals surface area contributed by atoms with Gasteiger partial charge in [-0.25, -0.2) is 0 Å². The topological polar surface area (TPSA) is 108 Å². The number of nitrogens with one attached hydrogen (secondary N) is 1. The third-order valence-electron chi connectivity index (χ3n) is 4.39. The van der Waals surface area contributed by atoms with Gasteiger partial charge in [-0.05, 0) is 54.3 Å². The van der Waals surface area contributed by atoms with E-state index in [0.29, 0.717) is 16.4 Å². The molecule has 1 saturated heterocycles. The molecule has 1 atom stereocenters. The van der Waals surface area contributed by atoms with Crippen molar-refractivity contribution in [3.05, 3.63) is 40.2 Å². The Hall–Kier alpha value is -2.72. The van der Waals surface area contributed by atoms with Crippen molar-refractivity contribution in [2.75, 3.05) is 11.9 Å². The van der Waals surface area contributed by atoms with Gasteiger partial charge in [0.2, 0.25) is 5.13 Å². The SMILES string of the molecule is Cc1ccc(C(=O)Nc2nnc([C@H]3CCCO3)s2)c(-n2cnnn2)c1C. The predicted molar refractivity (Wildman–Crippen MR) is 94.4 cm³/mol. The molecule has 0 saturated carbocycles. The molecule has 0 aliphatic carbocycles. The summed E-state index contributed by atoms with van der Waals surface area (Å²) in [6.45, 7) is 4.65. The first-order chi connectivity index (χ1) is 12.6. The van der Waals surface area contributed by atoms with Crippen LogP contribution in [-0.4, -0.2) is 42.9 Å². The van der Waals surface area contributed by atoms with Gasteiger partial charge in [-0.2, -0.15) is 4.68 Å². The van der Waals surface area contributed by atoms with Crippen molar-refractivity contribution < 1.29 is 9.53 Å². The van der Waals surface area contributed by atoms with Gasteiger partial charge in [-0.3, -0.25) is 10.1 Å². The maximum atomic E-state index is 12.8. The maximum absolute atomic E-state index is 12.8. The van der Waals surface area contributed by atoms with Gasteiger partial charge in [-0.15, -0.1) is 15.3 Å². The van der Waals surface area contributed by atoms with Crippen molar-refractivity contribution in [2.24, 2.45) is 0 Å². The molecule has 4 rings (SSSR count). The Balaban J connectivity index is 1.62. The first kappa shape index (κ1) is 16.7. The van der Waals surface area contributed by atoms with Crippen LogP contribution >= 0.6 is 11.3 Å². The van der Waals surface area contributed by atoms with Crippen LogP contribution in [0.1, 0.15) is 45.4 Å². The summed E-state index contributed by atoms with van der Waals surface area (Å²) in [5.74, 6) is -0.284. The van der Waals surface area contributed by atoms with Crippen molar-refractivity contribution in [1.82, 2.24) is 30.4 Å². The summed E-state index contributed by atoms with van der Waals surface area (Å²) < 4.78 is 7.10. The van der Waals surface area contributed by atoms with Crippen molar-refractivity contribution in [1.29, 1.82) is 0 Å². The lowest BCUT2D eigenvalue weighted by Gasteiger charge is -2.13. The van der Waals surface area contributed by atoms with Crippen molar-refractivity contribution in [3.8, 4) is 5.69 Å². The first-order valence-electron chi connectivity index (χ1n) is 8.23. The number of aromatic nitrogens is 6. The highest BCUT2D eigenvalue weighted by Gasteiger charge is 2.23. The minimum absolute atomic E-state index is 0.0171. The molecule has 9 nitrogen and oxygen atoms in total. The first-order valence-corrected chi connectivity index (χ1v) is 9.05. The number of carbonyl (C=O) groups excluding carboxylic acids is 1. The summed E-state index contributed by atoms with van der Waals surface area (Å²) in [5.41, 5.74) is 3.09. The number of hydrogen-bond acceptors (Lipinski definition) is 8. The van der Waals surface area contributed by atoms with Crippen LogP contribution in [0.15, 0.2) is 18.5 Å². The molecule has 1 aromatic carbocycles. The van der Waals surface area contributed by atoms with Crippen LogP contribution in [0.2, 0.25) is 0 Å². The van der Waals surface area contributed by atoms with Crippen LogP contribution in [0.25, 0.3) is 5.69 Å². The molecular formula is C16H17N7O2S. The summed E-state index contributed by atoms with van der Waals surface area (Å²) in [5, 5.41) is 23.5. The molecule has 1 aliphatic heterocycles. The second-order valence-corrected chi connectivity index (χ2v) is 7.07. The van der Waals surface area contributed by atoms with Crippen LogP contribution in [0, 0.1) is 13.8 Å². The molecule has 0 radical (unpaired) electrons. The summed E-state index contributed by atoms with van der Waals surface area (Å²) >= 11 is 1.34. The molecule has 1 fully saturated rings. The molecule has 26 heavy (non-hydrogen) atoms. The quantitative estimate of drug-likeness (QED) is 0.749. The van der Waals surface area contributed by atoms with Gasteiger partial charge in [0, 0.05) is 6.61 Å². The normalized spacial score (nSPS) is 16.8. The monoisotopic (exact) mass is 371 g/mol. The van der Waals surface area contributed by atoms with E-state index >= 15 is 0 Å². The lowest BCUT2D eigenvalue weighted by atomic mass is 10.0. The minimum Gasteiger partial charge on any atom is -0.371 e. The fourth-order valence-corrected chi connectivity index (χ4v) is 3.72. The molecule has 0 unspecified atom stereocenters. The minimum atomic E-state index is -0.284. The number of benzene rings is 1. The zero-order valence-corrected chi connectivity index (χ0v) is 15.2. The van der Waals surface area contributed by atoms with E-state index in [2.05, 4.69) is 31.0 Å². The predicted octanol–water partition coefficient (Wildman–Crippen LogP) is 2.23. The van der Waals surface area contributed by atoms with Crippen LogP contribution in [-0.2, 0) is 4.74 Å². The second kappa shape index (κ2) is 6.89. The third-order valence-corrected chi connectivity index (χ3v) is 5.32. The van der Waals surface area contributed by atoms with Crippen LogP contribution in [0.5, 0.6) is 0 Å². The fourth-order valence-electron chi connectivity index (χ4n) is 2.90. The van der Waals surface area contributed by atoms with E-state index in [1.807, 2.05) is 19.9 Å². The molecular weight excluding hydrogens is 354 g/mol. The van der Waals surface area contributed by atoms with E-state index in [-0.39, 0.29) is 12.0 Å². The summed E-state index contributed by atoms with van der Waals surface area (Å²) in [6.07, 6.45) is 3.41. The number of nitrogens with zero attached hydrogens (tertiary/aromatic N) is 6. The van der Waals surface area contributed by atoms with Gasteiger partial charge in [0.25, 0.3) is 5.91 Å². The lowest BCUT2D eigenvalue weighted by molar-refractivity contribution is 0.102. The van der Waals surface area contributed by atoms with Crippen LogP contribution in [0.4, 0.5) is 5.13 Å². The number of anilines is 1. The number of aryl methyl sites for hydroxylation is 1. The van der Waals surface area contributed by atoms with Crippen molar-refractivity contribution in [2.45, 2.75) is 32.8 Å². The maximum Gasteiger partial charge on any atom is 0.259 e. The molecule has 1 aliphatic rings. The van der Waals surface area contributed by atoms with Crippen molar-refractivity contribution in [3.63, 3.8) is 0 Å². The lowest BCUT2D eigenvalue weighted by Crippen LogP contribution is -2.16. The molecule has 0 bridgehead atoms. The Morgan fingerprint density at radius 1 is 1.35 bits per heavy atom. The van der Waals surface area contributed by atoms with E-state index < -0.39 is 0 Å². The Morgan fingerprint density at radius 2 is 2.23 bits per heavy atom. The molecule has 134 valence electrons. The summed E-state index contributed by atoms with van der Waals surface area (Å²) in [4.78, 5) is 12.8. The number of tetrazole rings is 1. The van der Waals surface area contributed by atoms with Gasteiger partial charge in [0.05, 0.1) is 11.3 Å².